The van der Waals surface area contributed by atoms with E-state index in [2.05, 4.69) is 0 Å². The van der Waals surface area contributed by atoms with Crippen molar-refractivity contribution in [2.75, 3.05) is 0 Å². The SMILES string of the molecule is F[Te](F)(F)(F)F. The first-order valence-corrected chi connectivity index (χ1v) is 5.18. The molecule has 0 aliphatic rings. The summed E-state index contributed by atoms with van der Waals surface area (Å²) in [4.78, 5) is 0. The van der Waals surface area contributed by atoms with E-state index in [0.29, 0.717) is 0 Å². The van der Waals surface area contributed by atoms with Crippen LogP contribution in [0.1, 0.15) is 0 Å². The predicted molar refractivity (Wildman–Crippen MR) is 11.3 cm³/mol. The van der Waals surface area contributed by atoms with E-state index in [1.54, 1.807) is 0 Å². The van der Waals surface area contributed by atoms with Crippen LogP contribution in [0.4, 0.5) is 14.5 Å². The first-order valence-electron chi connectivity index (χ1n) is 0.772. The molecule has 0 amide bonds. The van der Waals surface area contributed by atoms with Crippen LogP contribution < -0.4 is 0 Å². The topological polar surface area (TPSA) is 0 Å². The molecular weight excluding hydrogens is 223 g/mol. The summed E-state index contributed by atoms with van der Waals surface area (Å²) in [6.07, 6.45) is 0. The van der Waals surface area contributed by atoms with Crippen LogP contribution in [0.25, 0.3) is 0 Å². The van der Waals surface area contributed by atoms with E-state index in [-0.39, 0.29) is 0 Å². The van der Waals surface area contributed by atoms with Crippen molar-refractivity contribution in [3.8, 4) is 0 Å². The molecule has 0 fully saturated rings. The van der Waals surface area contributed by atoms with Gasteiger partial charge in [0.15, 0.2) is 0 Å². The van der Waals surface area contributed by atoms with E-state index < -0.39 is 19.6 Å². The molecule has 0 heterocycles. The van der Waals surface area contributed by atoms with Gasteiger partial charge in [-0.15, -0.1) is 0 Å². The summed E-state index contributed by atoms with van der Waals surface area (Å²) < 4.78 is 49.5. The molecule has 0 saturated carbocycles. The van der Waals surface area contributed by atoms with Gasteiger partial charge in [-0.1, -0.05) is 0 Å². The van der Waals surface area contributed by atoms with Crippen molar-refractivity contribution in [1.29, 1.82) is 0 Å². The Balaban J connectivity index is 3.73. The first kappa shape index (κ1) is 6.44. The van der Waals surface area contributed by atoms with Gasteiger partial charge < -0.3 is 0 Å². The van der Waals surface area contributed by atoms with E-state index in [9.17, 15) is 14.5 Å². The minimum absolute atomic E-state index is 9.12. The van der Waals surface area contributed by atoms with E-state index in [0.717, 1.165) is 0 Å². The van der Waals surface area contributed by atoms with Crippen LogP contribution in [0.5, 0.6) is 0 Å². The molecule has 6 heavy (non-hydrogen) atoms. The van der Waals surface area contributed by atoms with Gasteiger partial charge in [-0.2, -0.15) is 0 Å². The molecule has 1 radical (unpaired) electrons. The van der Waals surface area contributed by atoms with E-state index in [1.165, 1.54) is 0 Å². The van der Waals surface area contributed by atoms with Gasteiger partial charge in [-0.05, 0) is 0 Å². The van der Waals surface area contributed by atoms with Crippen molar-refractivity contribution in [3.63, 3.8) is 0 Å². The molecule has 0 rings (SSSR count). The molecule has 0 nitrogen and oxygen atoms in total. The summed E-state index contributed by atoms with van der Waals surface area (Å²) in [5.41, 5.74) is 0. The van der Waals surface area contributed by atoms with Gasteiger partial charge in [0.1, 0.15) is 0 Å². The van der Waals surface area contributed by atoms with Crippen LogP contribution in [-0.4, -0.2) is 19.6 Å². The maximum atomic E-state index is 9.90. The molecule has 0 aliphatic carbocycles. The summed E-state index contributed by atoms with van der Waals surface area (Å²) in [6, 6.07) is 0. The normalized spacial score (nSPS) is 19.2. The summed E-state index contributed by atoms with van der Waals surface area (Å²) in [7, 11) is 0. The standard InChI is InChI=1S/F5Te/c1-6(2,3,4)5. The molecule has 6 heteroatoms. The van der Waals surface area contributed by atoms with Gasteiger partial charge >= 0.3 is 34.1 Å². The van der Waals surface area contributed by atoms with Crippen molar-refractivity contribution >= 4 is 19.6 Å². The van der Waals surface area contributed by atoms with Crippen LogP contribution in [0.3, 0.4) is 0 Å². The summed E-state index contributed by atoms with van der Waals surface area (Å²) in [6.45, 7) is 0. The molecule has 41 valence electrons. The van der Waals surface area contributed by atoms with E-state index in [1.807, 2.05) is 0 Å². The van der Waals surface area contributed by atoms with Gasteiger partial charge in [-0.3, -0.25) is 0 Å². The summed E-state index contributed by atoms with van der Waals surface area (Å²) in [5, 5.41) is 0. The molecule has 0 unspecified atom stereocenters. The summed E-state index contributed by atoms with van der Waals surface area (Å²) in [5.74, 6) is 0. The van der Waals surface area contributed by atoms with Gasteiger partial charge in [0.05, 0.1) is 0 Å². The van der Waals surface area contributed by atoms with Crippen LogP contribution in [0.15, 0.2) is 0 Å². The fraction of sp³-hybridized carbons (Fsp3) is 0. The number of hydrogen-bond donors (Lipinski definition) is 0. The second-order valence-electron chi connectivity index (χ2n) is 0.583. The number of halogens is 5. The quantitative estimate of drug-likeness (QED) is 0.433. The molecule has 0 aromatic rings. The maximum absolute atomic E-state index is 9.90. The minimum atomic E-state index is -9.12. The van der Waals surface area contributed by atoms with Crippen LogP contribution in [-0.2, 0) is 0 Å². The van der Waals surface area contributed by atoms with Crippen LogP contribution >= 0.6 is 0 Å². The Kier molecular flexibility index (Phi) is 1.06. The molecule has 0 bridgehead atoms. The fourth-order valence-corrected chi connectivity index (χ4v) is 0. The van der Waals surface area contributed by atoms with E-state index in [4.69, 9.17) is 0 Å². The Labute approximate surface area is 34.8 Å². The molecule has 0 aromatic heterocycles. The van der Waals surface area contributed by atoms with Gasteiger partial charge in [-0.25, -0.2) is 0 Å². The molecule has 0 atom stereocenters. The molecule has 0 N–H and O–H groups in total. The van der Waals surface area contributed by atoms with Crippen molar-refractivity contribution in [1.82, 2.24) is 0 Å². The Hall–Kier alpha value is 0.440. The van der Waals surface area contributed by atoms with Crippen molar-refractivity contribution in [3.05, 3.63) is 0 Å². The Bertz CT molecular complexity index is 37.1. The van der Waals surface area contributed by atoms with Crippen molar-refractivity contribution < 1.29 is 14.5 Å². The molecule has 0 saturated heterocycles. The van der Waals surface area contributed by atoms with E-state index >= 15 is 0 Å². The number of rotatable bonds is 0. The zero-order valence-electron chi connectivity index (χ0n) is 2.30. The second-order valence-corrected chi connectivity index (χ2v) is 3.91. The van der Waals surface area contributed by atoms with Crippen molar-refractivity contribution in [2.24, 2.45) is 0 Å². The average molecular weight is 223 g/mol. The first-order chi connectivity index (χ1) is 2.24. The van der Waals surface area contributed by atoms with Gasteiger partial charge in [0.25, 0.3) is 0 Å². The summed E-state index contributed by atoms with van der Waals surface area (Å²) >= 11 is -9.12. The van der Waals surface area contributed by atoms with Gasteiger partial charge in [0.2, 0.25) is 0 Å². The number of hydrogen-bond acceptors (Lipinski definition) is 0. The predicted octanol–water partition coefficient (Wildman–Crippen LogP) is 1.72. The van der Waals surface area contributed by atoms with Crippen molar-refractivity contribution in [2.45, 2.75) is 0 Å². The van der Waals surface area contributed by atoms with Crippen LogP contribution in [0.2, 0.25) is 0 Å². The monoisotopic (exact) mass is 225 g/mol. The fourth-order valence-electron chi connectivity index (χ4n) is 0. The molecule has 0 aromatic carbocycles. The van der Waals surface area contributed by atoms with Gasteiger partial charge in [0, 0.05) is 0 Å². The Morgan fingerprint density at radius 3 is 0.667 bits per heavy atom. The molecule has 0 spiro atoms. The second kappa shape index (κ2) is 0.984. The molecule has 0 aliphatic heterocycles. The zero-order chi connectivity index (χ0) is 5.45. The zero-order valence-corrected chi connectivity index (χ0v) is 4.63. The third-order valence-electron chi connectivity index (χ3n) is 0. The Morgan fingerprint density at radius 1 is 0.667 bits per heavy atom. The average Bonchev–Trinajstić information content (AvgIpc) is 0.650. The third kappa shape index (κ3) is 272. The Morgan fingerprint density at radius 2 is 0.667 bits per heavy atom. The van der Waals surface area contributed by atoms with Crippen LogP contribution in [0, 0.1) is 0 Å². The molecular formula is F5Te. The third-order valence-corrected chi connectivity index (χ3v) is 0.